The van der Waals surface area contributed by atoms with Gasteiger partial charge in [0, 0.05) is 6.07 Å². The summed E-state index contributed by atoms with van der Waals surface area (Å²) in [7, 11) is -3.25. The Kier molecular flexibility index (Phi) is 4.65. The molecule has 0 N–H and O–H groups in total. The molecule has 0 aliphatic carbocycles. The molecule has 0 saturated heterocycles. The molecule has 0 atom stereocenters. The van der Waals surface area contributed by atoms with Crippen LogP contribution in [0.25, 0.3) is 0 Å². The minimum absolute atomic E-state index is 0.0387. The molecule has 23 heavy (non-hydrogen) atoms. The number of methoxy groups -OCH3 is 1. The molecule has 122 valence electrons. The van der Waals surface area contributed by atoms with Gasteiger partial charge in [0.2, 0.25) is 0 Å². The zero-order valence-corrected chi connectivity index (χ0v) is 13.0. The lowest BCUT2D eigenvalue weighted by molar-refractivity contribution is 0.0599. The minimum Gasteiger partial charge on any atom is -0.465 e. The largest absolute Gasteiger partial charge is 0.465 e. The Labute approximate surface area is 131 Å². The van der Waals surface area contributed by atoms with Gasteiger partial charge in [-0.25, -0.2) is 13.6 Å². The van der Waals surface area contributed by atoms with Gasteiger partial charge in [-0.1, -0.05) is 6.07 Å². The van der Waals surface area contributed by atoms with E-state index in [1.54, 1.807) is 0 Å². The molecule has 0 aliphatic heterocycles. The van der Waals surface area contributed by atoms with Crippen LogP contribution in [0.15, 0.2) is 41.3 Å². The molecule has 0 bridgehead atoms. The van der Waals surface area contributed by atoms with E-state index in [0.29, 0.717) is 6.07 Å². The Bertz CT molecular complexity index is 862. The van der Waals surface area contributed by atoms with Crippen LogP contribution in [0.5, 0.6) is 5.75 Å². The molecule has 0 saturated carbocycles. The molecule has 2 aromatic rings. The van der Waals surface area contributed by atoms with Crippen molar-refractivity contribution in [2.24, 2.45) is 0 Å². The Hall–Kier alpha value is -2.48. The molecular formula is C15H12F2O5S. The first-order valence-corrected chi connectivity index (χ1v) is 7.74. The summed E-state index contributed by atoms with van der Waals surface area (Å²) in [4.78, 5) is 11.3. The van der Waals surface area contributed by atoms with Gasteiger partial charge in [0.1, 0.15) is 10.7 Å². The van der Waals surface area contributed by atoms with E-state index in [1.807, 2.05) is 0 Å². The number of carbonyl (C=O) groups excluding carboxylic acids is 1. The number of hydrogen-bond donors (Lipinski definition) is 0. The fraction of sp³-hybridized carbons (Fsp3) is 0.133. The Balaban J connectivity index is 2.46. The first kappa shape index (κ1) is 16.9. The molecule has 0 aromatic heterocycles. The summed E-state index contributed by atoms with van der Waals surface area (Å²) in [6.07, 6.45) is 0. The van der Waals surface area contributed by atoms with Crippen LogP contribution in [0, 0.1) is 18.6 Å². The van der Waals surface area contributed by atoms with E-state index in [1.165, 1.54) is 25.1 Å². The Morgan fingerprint density at radius 2 is 1.83 bits per heavy atom. The van der Waals surface area contributed by atoms with E-state index >= 15 is 0 Å². The molecule has 0 fully saturated rings. The highest BCUT2D eigenvalue weighted by Crippen LogP contribution is 2.26. The van der Waals surface area contributed by atoms with Crippen molar-refractivity contribution in [1.29, 1.82) is 0 Å². The lowest BCUT2D eigenvalue weighted by Crippen LogP contribution is -2.14. The molecular weight excluding hydrogens is 330 g/mol. The highest BCUT2D eigenvalue weighted by molar-refractivity contribution is 7.87. The topological polar surface area (TPSA) is 69.7 Å². The number of carbonyl (C=O) groups is 1. The van der Waals surface area contributed by atoms with Gasteiger partial charge in [-0.2, -0.15) is 8.42 Å². The van der Waals surface area contributed by atoms with Gasteiger partial charge in [-0.3, -0.25) is 0 Å². The van der Waals surface area contributed by atoms with Crippen molar-refractivity contribution >= 4 is 16.1 Å². The minimum atomic E-state index is -4.41. The molecule has 2 aromatic carbocycles. The second-order valence-electron chi connectivity index (χ2n) is 4.53. The van der Waals surface area contributed by atoms with Gasteiger partial charge >= 0.3 is 16.1 Å². The maximum Gasteiger partial charge on any atom is 0.339 e. The van der Waals surface area contributed by atoms with Crippen molar-refractivity contribution in [2.75, 3.05) is 7.11 Å². The molecule has 0 heterocycles. The van der Waals surface area contributed by atoms with Gasteiger partial charge < -0.3 is 8.92 Å². The van der Waals surface area contributed by atoms with Crippen LogP contribution in [0.3, 0.4) is 0 Å². The van der Waals surface area contributed by atoms with Crippen LogP contribution in [0.2, 0.25) is 0 Å². The molecule has 0 spiro atoms. The van der Waals surface area contributed by atoms with E-state index in [4.69, 9.17) is 4.18 Å². The first-order chi connectivity index (χ1) is 10.8. The fourth-order valence-electron chi connectivity index (χ4n) is 1.92. The molecule has 0 unspecified atom stereocenters. The molecule has 0 radical (unpaired) electrons. The van der Waals surface area contributed by atoms with Gasteiger partial charge in [0.25, 0.3) is 0 Å². The smallest absolute Gasteiger partial charge is 0.339 e. The second kappa shape index (κ2) is 6.33. The molecule has 8 heteroatoms. The average Bonchev–Trinajstić information content (AvgIpc) is 2.49. The third-order valence-electron chi connectivity index (χ3n) is 3.05. The quantitative estimate of drug-likeness (QED) is 0.631. The van der Waals surface area contributed by atoms with Crippen LogP contribution in [-0.2, 0) is 14.9 Å². The number of ether oxygens (including phenoxy) is 1. The zero-order valence-electron chi connectivity index (χ0n) is 12.2. The highest BCUT2D eigenvalue weighted by Gasteiger charge is 2.24. The molecule has 2 rings (SSSR count). The number of esters is 1. The van der Waals surface area contributed by atoms with E-state index in [9.17, 15) is 22.0 Å². The third kappa shape index (κ3) is 3.48. The Morgan fingerprint density at radius 3 is 2.43 bits per heavy atom. The summed E-state index contributed by atoms with van der Waals surface area (Å²) in [5.74, 6) is -3.38. The van der Waals surface area contributed by atoms with Crippen LogP contribution >= 0.6 is 0 Å². The highest BCUT2D eigenvalue weighted by atomic mass is 32.2. The number of rotatable bonds is 4. The van der Waals surface area contributed by atoms with Crippen molar-refractivity contribution in [1.82, 2.24) is 0 Å². The summed E-state index contributed by atoms with van der Waals surface area (Å²) in [5, 5.41) is 0. The van der Waals surface area contributed by atoms with Crippen molar-refractivity contribution in [3.63, 3.8) is 0 Å². The molecule has 0 aliphatic rings. The van der Waals surface area contributed by atoms with Crippen LogP contribution in [0.1, 0.15) is 15.9 Å². The Morgan fingerprint density at radius 1 is 1.13 bits per heavy atom. The van der Waals surface area contributed by atoms with Gasteiger partial charge in [-0.15, -0.1) is 0 Å². The predicted octanol–water partition coefficient (Wildman–Crippen LogP) is 2.83. The fourth-order valence-corrected chi connectivity index (χ4v) is 3.11. The van der Waals surface area contributed by atoms with Crippen LogP contribution in [0.4, 0.5) is 8.78 Å². The van der Waals surface area contributed by atoms with Gasteiger partial charge in [0.05, 0.1) is 12.7 Å². The van der Waals surface area contributed by atoms with Crippen molar-refractivity contribution in [3.8, 4) is 5.75 Å². The van der Waals surface area contributed by atoms with Crippen molar-refractivity contribution < 1.29 is 30.9 Å². The molecule has 0 amide bonds. The summed E-state index contributed by atoms with van der Waals surface area (Å²) in [6.45, 7) is 1.39. The first-order valence-electron chi connectivity index (χ1n) is 6.33. The standard InChI is InChI=1S/C15H12F2O5S/c1-9-11(15(18)21-2)4-3-5-14(9)23(19,20)22-13-7-6-10(16)8-12(13)17/h3-8H,1-2H3. The lowest BCUT2D eigenvalue weighted by atomic mass is 10.1. The van der Waals surface area contributed by atoms with E-state index < -0.39 is 33.5 Å². The van der Waals surface area contributed by atoms with Crippen molar-refractivity contribution in [2.45, 2.75) is 11.8 Å². The van der Waals surface area contributed by atoms with E-state index in [0.717, 1.165) is 19.2 Å². The predicted molar refractivity (Wildman–Crippen MR) is 76.7 cm³/mol. The van der Waals surface area contributed by atoms with Crippen molar-refractivity contribution in [3.05, 3.63) is 59.2 Å². The van der Waals surface area contributed by atoms with Gasteiger partial charge in [0.15, 0.2) is 11.6 Å². The number of hydrogen-bond acceptors (Lipinski definition) is 5. The number of halogens is 2. The maximum absolute atomic E-state index is 13.6. The average molecular weight is 342 g/mol. The lowest BCUT2D eigenvalue weighted by Gasteiger charge is -2.12. The van der Waals surface area contributed by atoms with E-state index in [-0.39, 0.29) is 16.0 Å². The summed E-state index contributed by atoms with van der Waals surface area (Å²) in [6, 6.07) is 6.16. The number of benzene rings is 2. The third-order valence-corrected chi connectivity index (χ3v) is 4.43. The maximum atomic E-state index is 13.6. The van der Waals surface area contributed by atoms with Gasteiger partial charge in [-0.05, 0) is 36.8 Å². The summed E-state index contributed by atoms with van der Waals surface area (Å²) in [5.41, 5.74) is 0.138. The summed E-state index contributed by atoms with van der Waals surface area (Å²) < 4.78 is 60.2. The van der Waals surface area contributed by atoms with Crippen LogP contribution < -0.4 is 4.18 Å². The second-order valence-corrected chi connectivity index (χ2v) is 6.05. The monoisotopic (exact) mass is 342 g/mol. The molecule has 5 nitrogen and oxygen atoms in total. The van der Waals surface area contributed by atoms with E-state index in [2.05, 4.69) is 4.74 Å². The zero-order chi connectivity index (χ0) is 17.2. The normalized spacial score (nSPS) is 11.1. The SMILES string of the molecule is COC(=O)c1cccc(S(=O)(=O)Oc2ccc(F)cc2F)c1C. The summed E-state index contributed by atoms with van der Waals surface area (Å²) >= 11 is 0. The van der Waals surface area contributed by atoms with Crippen LogP contribution in [-0.4, -0.2) is 21.5 Å².